The fraction of sp³-hybridized carbons (Fsp3) is 0.833. The number of nitrogens with zero attached hydrogens (tertiary/aromatic N) is 1. The first-order valence-electron chi connectivity index (χ1n) is 6.44. The molecule has 5 nitrogen and oxygen atoms in total. The predicted molar refractivity (Wildman–Crippen MR) is 63.0 cm³/mol. The Hall–Kier alpha value is -1.10. The highest BCUT2D eigenvalue weighted by Gasteiger charge is 2.35. The Morgan fingerprint density at radius 1 is 1.18 bits per heavy atom. The molecule has 1 aliphatic heterocycles. The molecule has 1 unspecified atom stereocenters. The molecule has 0 aromatic carbocycles. The van der Waals surface area contributed by atoms with E-state index in [0.29, 0.717) is 13.1 Å². The summed E-state index contributed by atoms with van der Waals surface area (Å²) in [4.78, 5) is 24.8. The van der Waals surface area contributed by atoms with Gasteiger partial charge in [0.15, 0.2) is 5.78 Å². The van der Waals surface area contributed by atoms with Gasteiger partial charge in [0, 0.05) is 19.0 Å². The van der Waals surface area contributed by atoms with Crippen LogP contribution >= 0.6 is 0 Å². The molecule has 0 bridgehead atoms. The lowest BCUT2D eigenvalue weighted by Gasteiger charge is -2.27. The highest BCUT2D eigenvalue weighted by molar-refractivity contribution is 5.89. The van der Waals surface area contributed by atoms with E-state index < -0.39 is 12.1 Å². The van der Waals surface area contributed by atoms with Gasteiger partial charge < -0.3 is 10.4 Å². The Balaban J connectivity index is 2.08. The van der Waals surface area contributed by atoms with Crippen LogP contribution in [0.4, 0.5) is 4.79 Å². The molecule has 1 amide bonds. The van der Waals surface area contributed by atoms with Crippen LogP contribution in [0.1, 0.15) is 32.1 Å². The zero-order valence-electron chi connectivity index (χ0n) is 10.0. The molecular formula is C12H20N2O3. The third-order valence-electron chi connectivity index (χ3n) is 3.80. The molecule has 0 spiro atoms. The molecular weight excluding hydrogens is 220 g/mol. The second-order valence-corrected chi connectivity index (χ2v) is 4.93. The van der Waals surface area contributed by atoms with Crippen molar-refractivity contribution in [2.45, 2.75) is 38.1 Å². The fourth-order valence-corrected chi connectivity index (χ4v) is 2.84. The van der Waals surface area contributed by atoms with E-state index in [1.54, 1.807) is 0 Å². The van der Waals surface area contributed by atoms with Crippen molar-refractivity contribution < 1.29 is 14.7 Å². The number of carbonyl (C=O) groups is 2. The third-order valence-corrected chi connectivity index (χ3v) is 3.80. The number of nitrogens with one attached hydrogen (secondary N) is 1. The van der Waals surface area contributed by atoms with Gasteiger partial charge in [-0.3, -0.25) is 9.69 Å². The van der Waals surface area contributed by atoms with Crippen LogP contribution in [0.15, 0.2) is 0 Å². The van der Waals surface area contributed by atoms with Gasteiger partial charge in [0.1, 0.15) is 6.04 Å². The Labute approximate surface area is 101 Å². The van der Waals surface area contributed by atoms with Crippen LogP contribution in [0.5, 0.6) is 0 Å². The van der Waals surface area contributed by atoms with Crippen molar-refractivity contribution in [1.82, 2.24) is 10.2 Å². The van der Waals surface area contributed by atoms with E-state index in [1.807, 2.05) is 0 Å². The topological polar surface area (TPSA) is 69.6 Å². The maximum Gasteiger partial charge on any atom is 0.407 e. The molecule has 1 aliphatic carbocycles. The minimum atomic E-state index is -0.968. The van der Waals surface area contributed by atoms with Crippen LogP contribution in [-0.2, 0) is 4.79 Å². The summed E-state index contributed by atoms with van der Waals surface area (Å²) >= 11 is 0. The molecule has 1 saturated carbocycles. The number of carbonyl (C=O) groups excluding carboxylic acids is 1. The molecule has 0 aromatic rings. The molecule has 1 atom stereocenters. The molecule has 2 rings (SSSR count). The van der Waals surface area contributed by atoms with Gasteiger partial charge in [0.2, 0.25) is 0 Å². The van der Waals surface area contributed by atoms with E-state index in [1.165, 1.54) is 4.90 Å². The van der Waals surface area contributed by atoms with Crippen molar-refractivity contribution in [3.8, 4) is 0 Å². The third kappa shape index (κ3) is 2.77. The Morgan fingerprint density at radius 2 is 1.88 bits per heavy atom. The van der Waals surface area contributed by atoms with E-state index in [9.17, 15) is 14.7 Å². The first-order chi connectivity index (χ1) is 8.20. The molecule has 0 radical (unpaired) electrons. The number of amides is 1. The fourth-order valence-electron chi connectivity index (χ4n) is 2.84. The normalized spacial score (nSPS) is 26.8. The molecule has 0 aromatic heterocycles. The summed E-state index contributed by atoms with van der Waals surface area (Å²) in [6.45, 7) is 1.73. The van der Waals surface area contributed by atoms with Crippen molar-refractivity contribution in [2.75, 3.05) is 19.6 Å². The number of Topliss-reactive ketones (excluding diaryl/α,β-unsaturated/α-hetero) is 1. The van der Waals surface area contributed by atoms with Crippen molar-refractivity contribution in [3.63, 3.8) is 0 Å². The van der Waals surface area contributed by atoms with E-state index in [-0.39, 0.29) is 11.7 Å². The maximum atomic E-state index is 12.3. The molecule has 2 aliphatic rings. The zero-order valence-corrected chi connectivity index (χ0v) is 10.0. The molecule has 1 heterocycles. The first-order valence-corrected chi connectivity index (χ1v) is 6.44. The first kappa shape index (κ1) is 12.4. The lowest BCUT2D eigenvalue weighted by Crippen LogP contribution is -2.49. The van der Waals surface area contributed by atoms with Gasteiger partial charge in [-0.05, 0) is 25.8 Å². The number of carboxylic acid groups (broad SMARTS) is 1. The summed E-state index contributed by atoms with van der Waals surface area (Å²) in [5.41, 5.74) is 0. The molecule has 1 saturated heterocycles. The van der Waals surface area contributed by atoms with Gasteiger partial charge in [0.25, 0.3) is 0 Å². The predicted octanol–water partition coefficient (Wildman–Crippen LogP) is 1.09. The van der Waals surface area contributed by atoms with Crippen molar-refractivity contribution in [1.29, 1.82) is 0 Å². The van der Waals surface area contributed by atoms with Crippen LogP contribution in [0, 0.1) is 5.92 Å². The monoisotopic (exact) mass is 240 g/mol. The smallest absolute Gasteiger partial charge is 0.407 e. The summed E-state index contributed by atoms with van der Waals surface area (Å²) in [5.74, 6) is 0.209. The number of hydrogen-bond donors (Lipinski definition) is 2. The van der Waals surface area contributed by atoms with E-state index in [4.69, 9.17) is 0 Å². The summed E-state index contributed by atoms with van der Waals surface area (Å²) in [6.07, 6.45) is 3.88. The standard InChI is InChI=1S/C12H20N2O3/c15-11(9-4-1-2-5-9)10-8-13-6-3-7-14(10)12(16)17/h9-10,13H,1-8H2,(H,16,17). The summed E-state index contributed by atoms with van der Waals surface area (Å²) < 4.78 is 0. The van der Waals surface area contributed by atoms with Gasteiger partial charge in [-0.1, -0.05) is 12.8 Å². The average Bonchev–Trinajstić information content (AvgIpc) is 2.71. The number of ketones is 1. The summed E-state index contributed by atoms with van der Waals surface area (Å²) in [6, 6.07) is -0.474. The van der Waals surface area contributed by atoms with Crippen LogP contribution < -0.4 is 5.32 Å². The van der Waals surface area contributed by atoms with E-state index >= 15 is 0 Å². The van der Waals surface area contributed by atoms with Crippen molar-refractivity contribution in [3.05, 3.63) is 0 Å². The minimum absolute atomic E-state index is 0.0850. The van der Waals surface area contributed by atoms with Crippen molar-refractivity contribution in [2.24, 2.45) is 5.92 Å². The zero-order chi connectivity index (χ0) is 12.3. The van der Waals surface area contributed by atoms with Crippen LogP contribution in [0.25, 0.3) is 0 Å². The van der Waals surface area contributed by atoms with Crippen LogP contribution in [-0.4, -0.2) is 47.6 Å². The van der Waals surface area contributed by atoms with Gasteiger partial charge >= 0.3 is 6.09 Å². The maximum absolute atomic E-state index is 12.3. The second kappa shape index (κ2) is 5.49. The van der Waals surface area contributed by atoms with Gasteiger partial charge in [-0.2, -0.15) is 0 Å². The second-order valence-electron chi connectivity index (χ2n) is 4.93. The lowest BCUT2D eigenvalue weighted by molar-refractivity contribution is -0.127. The van der Waals surface area contributed by atoms with Crippen molar-refractivity contribution >= 4 is 11.9 Å². The van der Waals surface area contributed by atoms with E-state index in [2.05, 4.69) is 5.32 Å². The van der Waals surface area contributed by atoms with Crippen LogP contribution in [0.2, 0.25) is 0 Å². The SMILES string of the molecule is O=C(C1CCCC1)C1CNCCCN1C(=O)O. The number of rotatable bonds is 2. The Morgan fingerprint density at radius 3 is 2.53 bits per heavy atom. The van der Waals surface area contributed by atoms with Crippen LogP contribution in [0.3, 0.4) is 0 Å². The molecule has 17 heavy (non-hydrogen) atoms. The van der Waals surface area contributed by atoms with Gasteiger partial charge in [-0.15, -0.1) is 0 Å². The highest BCUT2D eigenvalue weighted by atomic mass is 16.4. The Bertz CT molecular complexity index is 300. The lowest BCUT2D eigenvalue weighted by atomic mass is 9.95. The molecule has 5 heteroatoms. The van der Waals surface area contributed by atoms with E-state index in [0.717, 1.165) is 38.6 Å². The summed E-state index contributed by atoms with van der Waals surface area (Å²) in [5, 5.41) is 12.3. The largest absolute Gasteiger partial charge is 0.465 e. The molecule has 96 valence electrons. The molecule has 2 fully saturated rings. The quantitative estimate of drug-likeness (QED) is 0.758. The summed E-state index contributed by atoms with van der Waals surface area (Å²) in [7, 11) is 0. The number of hydrogen-bond acceptors (Lipinski definition) is 3. The average molecular weight is 240 g/mol. The highest BCUT2D eigenvalue weighted by Crippen LogP contribution is 2.27. The molecule has 2 N–H and O–H groups in total. The Kier molecular flexibility index (Phi) is 3.99. The van der Waals surface area contributed by atoms with Gasteiger partial charge in [0.05, 0.1) is 0 Å². The van der Waals surface area contributed by atoms with Gasteiger partial charge in [-0.25, -0.2) is 4.79 Å². The minimum Gasteiger partial charge on any atom is -0.465 e.